The number of likely N-dealkylation sites (N-methyl/N-ethyl adjacent to an activating group) is 2. The van der Waals surface area contributed by atoms with E-state index in [9.17, 15) is 9.90 Å². The molecule has 0 radical (unpaired) electrons. The predicted octanol–water partition coefficient (Wildman–Crippen LogP) is 1.94. The number of hydrogen-bond acceptors (Lipinski definition) is 4. The Morgan fingerprint density at radius 2 is 2.10 bits per heavy atom. The summed E-state index contributed by atoms with van der Waals surface area (Å²) >= 11 is 1.65. The SMILES string of the molecule is CN(CC(=O)N(C)Cc1ccsc1)CC1(O)CCCC1. The second-order valence-electron chi connectivity index (χ2n) is 5.99. The minimum atomic E-state index is -0.582. The van der Waals surface area contributed by atoms with Crippen molar-refractivity contribution in [2.45, 2.75) is 37.8 Å². The molecule has 5 heteroatoms. The van der Waals surface area contributed by atoms with Crippen molar-refractivity contribution in [3.05, 3.63) is 22.4 Å². The van der Waals surface area contributed by atoms with Crippen LogP contribution >= 0.6 is 11.3 Å². The van der Waals surface area contributed by atoms with Gasteiger partial charge in [-0.25, -0.2) is 0 Å². The van der Waals surface area contributed by atoms with E-state index in [1.807, 2.05) is 30.4 Å². The molecule has 2 rings (SSSR count). The lowest BCUT2D eigenvalue weighted by Crippen LogP contribution is -2.43. The fourth-order valence-corrected chi connectivity index (χ4v) is 3.51. The number of thiophene rings is 1. The van der Waals surface area contributed by atoms with Gasteiger partial charge in [0, 0.05) is 20.1 Å². The number of rotatable bonds is 6. The molecule has 1 aliphatic carbocycles. The van der Waals surface area contributed by atoms with Crippen LogP contribution in [0.3, 0.4) is 0 Å². The van der Waals surface area contributed by atoms with Crippen LogP contribution in [0, 0.1) is 0 Å². The molecule has 0 aromatic carbocycles. The summed E-state index contributed by atoms with van der Waals surface area (Å²) in [6.45, 7) is 1.61. The quantitative estimate of drug-likeness (QED) is 0.872. The number of hydrogen-bond donors (Lipinski definition) is 1. The highest BCUT2D eigenvalue weighted by molar-refractivity contribution is 7.07. The standard InChI is InChI=1S/C15H24N2O2S/c1-16(12-15(19)6-3-4-7-15)10-14(18)17(2)9-13-5-8-20-11-13/h5,8,11,19H,3-4,6-7,9-10,12H2,1-2H3. The van der Waals surface area contributed by atoms with Gasteiger partial charge in [-0.15, -0.1) is 0 Å². The molecule has 1 N–H and O–H groups in total. The average Bonchev–Trinajstić information content (AvgIpc) is 3.00. The first-order valence-corrected chi connectivity index (χ1v) is 8.09. The molecule has 0 atom stereocenters. The van der Waals surface area contributed by atoms with Crippen LogP contribution in [0.2, 0.25) is 0 Å². The van der Waals surface area contributed by atoms with Crippen LogP contribution in [-0.4, -0.2) is 53.6 Å². The highest BCUT2D eigenvalue weighted by Crippen LogP contribution is 2.29. The van der Waals surface area contributed by atoms with Gasteiger partial charge in [0.2, 0.25) is 5.91 Å². The molecule has 4 nitrogen and oxygen atoms in total. The maximum Gasteiger partial charge on any atom is 0.236 e. The van der Waals surface area contributed by atoms with Crippen molar-refractivity contribution < 1.29 is 9.90 Å². The molecule has 1 saturated carbocycles. The summed E-state index contributed by atoms with van der Waals surface area (Å²) < 4.78 is 0. The molecule has 1 aromatic heterocycles. The molecule has 0 unspecified atom stereocenters. The van der Waals surface area contributed by atoms with Crippen molar-refractivity contribution in [1.29, 1.82) is 0 Å². The third-order valence-electron chi connectivity index (χ3n) is 3.93. The second kappa shape index (κ2) is 6.70. The molecule has 20 heavy (non-hydrogen) atoms. The number of carbonyl (C=O) groups excluding carboxylic acids is 1. The van der Waals surface area contributed by atoms with Crippen LogP contribution < -0.4 is 0 Å². The molecule has 0 bridgehead atoms. The van der Waals surface area contributed by atoms with Crippen LogP contribution in [0.1, 0.15) is 31.2 Å². The lowest BCUT2D eigenvalue weighted by atomic mass is 10.0. The van der Waals surface area contributed by atoms with Crippen molar-refractivity contribution in [2.75, 3.05) is 27.2 Å². The van der Waals surface area contributed by atoms with Crippen molar-refractivity contribution >= 4 is 17.2 Å². The Hall–Kier alpha value is -0.910. The van der Waals surface area contributed by atoms with Gasteiger partial charge in [0.15, 0.2) is 0 Å². The first kappa shape index (κ1) is 15.5. The van der Waals surface area contributed by atoms with E-state index in [1.54, 1.807) is 16.2 Å². The lowest BCUT2D eigenvalue weighted by molar-refractivity contribution is -0.132. The van der Waals surface area contributed by atoms with E-state index in [0.29, 0.717) is 19.6 Å². The number of nitrogens with zero attached hydrogens (tertiary/aromatic N) is 2. The van der Waals surface area contributed by atoms with E-state index in [1.165, 1.54) is 5.56 Å². The Bertz CT molecular complexity index is 427. The first-order valence-electron chi connectivity index (χ1n) is 7.14. The van der Waals surface area contributed by atoms with Crippen LogP contribution in [0.4, 0.5) is 0 Å². The maximum absolute atomic E-state index is 12.2. The molecule has 0 saturated heterocycles. The summed E-state index contributed by atoms with van der Waals surface area (Å²) in [7, 11) is 3.74. The Labute approximate surface area is 125 Å². The normalized spacial score (nSPS) is 17.6. The van der Waals surface area contributed by atoms with Gasteiger partial charge >= 0.3 is 0 Å². The smallest absolute Gasteiger partial charge is 0.236 e. The fourth-order valence-electron chi connectivity index (χ4n) is 2.85. The van der Waals surface area contributed by atoms with Gasteiger partial charge in [0.1, 0.15) is 0 Å². The van der Waals surface area contributed by atoms with Gasteiger partial charge in [-0.05, 0) is 42.3 Å². The molecule has 1 heterocycles. The summed E-state index contributed by atoms with van der Waals surface area (Å²) in [6.07, 6.45) is 3.90. The maximum atomic E-state index is 12.2. The average molecular weight is 296 g/mol. The van der Waals surface area contributed by atoms with Crippen molar-refractivity contribution in [3.8, 4) is 0 Å². The topological polar surface area (TPSA) is 43.8 Å². The van der Waals surface area contributed by atoms with E-state index in [-0.39, 0.29) is 5.91 Å². The monoisotopic (exact) mass is 296 g/mol. The second-order valence-corrected chi connectivity index (χ2v) is 6.77. The highest BCUT2D eigenvalue weighted by Gasteiger charge is 2.32. The molecular weight excluding hydrogens is 272 g/mol. The Morgan fingerprint density at radius 1 is 1.40 bits per heavy atom. The van der Waals surface area contributed by atoms with E-state index in [2.05, 4.69) is 5.38 Å². The molecule has 1 aliphatic rings. The molecular formula is C15H24N2O2S. The van der Waals surface area contributed by atoms with E-state index in [4.69, 9.17) is 0 Å². The van der Waals surface area contributed by atoms with Crippen LogP contribution in [0.5, 0.6) is 0 Å². The molecule has 0 aliphatic heterocycles. The molecule has 0 spiro atoms. The lowest BCUT2D eigenvalue weighted by Gasteiger charge is -2.29. The van der Waals surface area contributed by atoms with Gasteiger partial charge in [-0.3, -0.25) is 9.69 Å². The summed E-state index contributed by atoms with van der Waals surface area (Å²) in [5.74, 6) is 0.0975. The van der Waals surface area contributed by atoms with Crippen molar-refractivity contribution in [3.63, 3.8) is 0 Å². The van der Waals surface area contributed by atoms with E-state index < -0.39 is 5.60 Å². The first-order chi connectivity index (χ1) is 9.48. The summed E-state index contributed by atoms with van der Waals surface area (Å²) in [5.41, 5.74) is 0.587. The molecule has 112 valence electrons. The highest BCUT2D eigenvalue weighted by atomic mass is 32.1. The van der Waals surface area contributed by atoms with Gasteiger partial charge < -0.3 is 10.0 Å². The number of aliphatic hydroxyl groups is 1. The Morgan fingerprint density at radius 3 is 2.70 bits per heavy atom. The third kappa shape index (κ3) is 4.30. The number of amides is 1. The summed E-state index contributed by atoms with van der Waals surface area (Å²) in [5, 5.41) is 14.4. The zero-order valence-corrected chi connectivity index (χ0v) is 13.2. The van der Waals surface area contributed by atoms with Crippen LogP contribution in [0.25, 0.3) is 0 Å². The van der Waals surface area contributed by atoms with Gasteiger partial charge in [0.05, 0.1) is 12.1 Å². The van der Waals surface area contributed by atoms with E-state index in [0.717, 1.165) is 25.7 Å². The zero-order valence-electron chi connectivity index (χ0n) is 12.3. The Balaban J connectivity index is 1.78. The van der Waals surface area contributed by atoms with Crippen molar-refractivity contribution in [1.82, 2.24) is 9.80 Å². The van der Waals surface area contributed by atoms with E-state index >= 15 is 0 Å². The third-order valence-corrected chi connectivity index (χ3v) is 4.66. The van der Waals surface area contributed by atoms with Gasteiger partial charge in [-0.1, -0.05) is 12.8 Å². The van der Waals surface area contributed by atoms with Crippen LogP contribution in [0.15, 0.2) is 16.8 Å². The molecule has 1 fully saturated rings. The minimum Gasteiger partial charge on any atom is -0.389 e. The summed E-state index contributed by atoms with van der Waals surface area (Å²) in [6, 6.07) is 2.04. The fraction of sp³-hybridized carbons (Fsp3) is 0.667. The number of carbonyl (C=O) groups is 1. The minimum absolute atomic E-state index is 0.0975. The molecule has 1 aromatic rings. The Kier molecular flexibility index (Phi) is 5.18. The largest absolute Gasteiger partial charge is 0.389 e. The van der Waals surface area contributed by atoms with Crippen LogP contribution in [-0.2, 0) is 11.3 Å². The van der Waals surface area contributed by atoms with Gasteiger partial charge in [0.25, 0.3) is 0 Å². The predicted molar refractivity (Wildman–Crippen MR) is 81.7 cm³/mol. The van der Waals surface area contributed by atoms with Crippen molar-refractivity contribution in [2.24, 2.45) is 0 Å². The zero-order chi connectivity index (χ0) is 14.6. The van der Waals surface area contributed by atoms with Gasteiger partial charge in [-0.2, -0.15) is 11.3 Å². The molecule has 1 amide bonds. The summed E-state index contributed by atoms with van der Waals surface area (Å²) in [4.78, 5) is 15.9.